The topological polar surface area (TPSA) is 107 Å². The minimum absolute atomic E-state index is 0. The van der Waals surface area contributed by atoms with Crippen molar-refractivity contribution in [2.45, 2.75) is 44.0 Å². The molecule has 1 unspecified atom stereocenters. The molecule has 1 aromatic heterocycles. The number of piperidine rings is 1. The van der Waals surface area contributed by atoms with E-state index in [2.05, 4.69) is 30.8 Å². The van der Waals surface area contributed by atoms with E-state index < -0.39 is 24.0 Å². The van der Waals surface area contributed by atoms with Gasteiger partial charge in [0, 0.05) is 65.1 Å². The summed E-state index contributed by atoms with van der Waals surface area (Å²) in [5.74, 6) is -0.0977. The fourth-order valence-electron chi connectivity index (χ4n) is 3.50. The van der Waals surface area contributed by atoms with Gasteiger partial charge in [-0.3, -0.25) is 14.7 Å². The number of carbonyl (C=O) groups excluding carboxylic acids is 1. The number of alkyl halides is 3. The van der Waals surface area contributed by atoms with Crippen LogP contribution < -0.4 is 16.0 Å². The van der Waals surface area contributed by atoms with Crippen LogP contribution in [0.15, 0.2) is 17.4 Å². The molecular weight excluding hydrogens is 542 g/mol. The van der Waals surface area contributed by atoms with Crippen LogP contribution in [0.25, 0.3) is 0 Å². The molecule has 1 atom stereocenters. The summed E-state index contributed by atoms with van der Waals surface area (Å²) in [5, 5.41) is 19.3. The number of aromatic nitrogens is 2. The summed E-state index contributed by atoms with van der Waals surface area (Å²) in [5.41, 5.74) is -3.09. The summed E-state index contributed by atoms with van der Waals surface area (Å²) in [6.07, 6.45) is -1.40. The molecule has 1 amide bonds. The molecule has 1 aliphatic heterocycles. The van der Waals surface area contributed by atoms with E-state index in [0.717, 1.165) is 30.5 Å². The molecule has 32 heavy (non-hydrogen) atoms. The number of likely N-dealkylation sites (N-methyl/N-ethyl adjacent to an activating group) is 1. The van der Waals surface area contributed by atoms with E-state index in [1.807, 2.05) is 6.92 Å². The molecule has 0 aliphatic carbocycles. The fourth-order valence-corrected chi connectivity index (χ4v) is 3.50. The molecule has 1 aromatic rings. The van der Waals surface area contributed by atoms with Crippen LogP contribution in [-0.2, 0) is 17.4 Å². The lowest BCUT2D eigenvalue weighted by Crippen LogP contribution is -2.50. The first kappa shape index (κ1) is 28.4. The third-order valence-corrected chi connectivity index (χ3v) is 5.32. The molecule has 0 saturated carbocycles. The number of nitrogens with zero attached hydrogens (tertiary/aromatic N) is 4. The first-order valence-electron chi connectivity index (χ1n) is 10.4. The lowest BCUT2D eigenvalue weighted by molar-refractivity contribution is -0.272. The van der Waals surface area contributed by atoms with Crippen molar-refractivity contribution in [1.29, 1.82) is 0 Å². The van der Waals surface area contributed by atoms with Gasteiger partial charge in [0.2, 0.25) is 11.5 Å². The van der Waals surface area contributed by atoms with Gasteiger partial charge in [0.25, 0.3) is 0 Å². The number of amides is 1. The zero-order valence-corrected chi connectivity index (χ0v) is 20.9. The highest BCUT2D eigenvalue weighted by Gasteiger charge is 2.57. The highest BCUT2D eigenvalue weighted by atomic mass is 127. The maximum absolute atomic E-state index is 13.6. The van der Waals surface area contributed by atoms with E-state index in [-0.39, 0.29) is 42.5 Å². The molecule has 4 N–H and O–H groups in total. The Balaban J connectivity index is 0.00000512. The molecule has 0 bridgehead atoms. The van der Waals surface area contributed by atoms with Gasteiger partial charge in [0.1, 0.15) is 5.82 Å². The van der Waals surface area contributed by atoms with Gasteiger partial charge in [-0.2, -0.15) is 13.2 Å². The zero-order valence-electron chi connectivity index (χ0n) is 18.6. The zero-order chi connectivity index (χ0) is 23.1. The molecule has 0 aromatic carbocycles. The molecule has 13 heteroatoms. The summed E-state index contributed by atoms with van der Waals surface area (Å²) in [7, 11) is 3.01. The van der Waals surface area contributed by atoms with Crippen LogP contribution in [0.5, 0.6) is 0 Å². The molecule has 0 spiro atoms. The lowest BCUT2D eigenvalue weighted by Gasteiger charge is -2.32. The summed E-state index contributed by atoms with van der Waals surface area (Å²) < 4.78 is 42.0. The number of halogens is 4. The Morgan fingerprint density at radius 1 is 1.34 bits per heavy atom. The monoisotopic (exact) mass is 575 g/mol. The number of aryl methyl sites for hydroxylation is 1. The van der Waals surface area contributed by atoms with Gasteiger partial charge in [0.05, 0.1) is 6.54 Å². The maximum Gasteiger partial charge on any atom is 0.424 e. The van der Waals surface area contributed by atoms with Gasteiger partial charge >= 0.3 is 6.18 Å². The van der Waals surface area contributed by atoms with Crippen molar-refractivity contribution in [3.63, 3.8) is 0 Å². The quantitative estimate of drug-likeness (QED) is 0.209. The highest BCUT2D eigenvalue weighted by molar-refractivity contribution is 14.0. The van der Waals surface area contributed by atoms with Crippen molar-refractivity contribution in [2.24, 2.45) is 12.0 Å². The summed E-state index contributed by atoms with van der Waals surface area (Å²) in [6, 6.07) is 0.0924. The first-order chi connectivity index (χ1) is 14.6. The van der Waals surface area contributed by atoms with E-state index in [9.17, 15) is 23.1 Å². The second-order valence-corrected chi connectivity index (χ2v) is 7.60. The molecule has 9 nitrogen and oxygen atoms in total. The Bertz CT molecular complexity index is 752. The number of imidazole rings is 1. The number of rotatable bonds is 8. The van der Waals surface area contributed by atoms with Crippen LogP contribution >= 0.6 is 24.0 Å². The number of aliphatic hydroxyl groups is 1. The number of guanidine groups is 1. The van der Waals surface area contributed by atoms with E-state index in [1.165, 1.54) is 19.4 Å². The van der Waals surface area contributed by atoms with Gasteiger partial charge in [-0.15, -0.1) is 24.0 Å². The molecule has 2 heterocycles. The number of nitrogens with one attached hydrogen (secondary N) is 3. The lowest BCUT2D eigenvalue weighted by atomic mass is 9.98. The van der Waals surface area contributed by atoms with Crippen molar-refractivity contribution < 1.29 is 23.1 Å². The van der Waals surface area contributed by atoms with Crippen LogP contribution in [0.3, 0.4) is 0 Å². The Labute approximate surface area is 203 Å². The fraction of sp³-hybridized carbons (Fsp3) is 0.737. The Kier molecular flexibility index (Phi) is 11.2. The summed E-state index contributed by atoms with van der Waals surface area (Å²) in [4.78, 5) is 21.5. The number of hydrogen-bond acceptors (Lipinski definition) is 5. The third kappa shape index (κ3) is 7.47. The largest absolute Gasteiger partial charge is 0.424 e. The SMILES string of the molecule is CCNC(=NCCC(O)(c1nccn1C)C(F)(F)F)NC1CCN(CC(=O)NC)CC1.I. The molecule has 1 saturated heterocycles. The van der Waals surface area contributed by atoms with E-state index in [4.69, 9.17) is 0 Å². The van der Waals surface area contributed by atoms with Gasteiger partial charge in [-0.25, -0.2) is 4.98 Å². The van der Waals surface area contributed by atoms with Crippen LogP contribution in [0.2, 0.25) is 0 Å². The van der Waals surface area contributed by atoms with Crippen LogP contribution in [-0.4, -0.2) is 83.4 Å². The minimum Gasteiger partial charge on any atom is -0.374 e. The molecule has 0 radical (unpaired) electrons. The average molecular weight is 575 g/mol. The van der Waals surface area contributed by atoms with E-state index in [1.54, 1.807) is 7.05 Å². The van der Waals surface area contributed by atoms with Gasteiger partial charge in [-0.1, -0.05) is 0 Å². The van der Waals surface area contributed by atoms with Crippen molar-refractivity contribution >= 4 is 35.8 Å². The normalized spacial score (nSPS) is 17.9. The van der Waals surface area contributed by atoms with Gasteiger partial charge in [0.15, 0.2) is 5.96 Å². The summed E-state index contributed by atoms with van der Waals surface area (Å²) >= 11 is 0. The predicted octanol–water partition coefficient (Wildman–Crippen LogP) is 0.944. The number of likely N-dealkylation sites (tertiary alicyclic amines) is 1. The Morgan fingerprint density at radius 2 is 2.00 bits per heavy atom. The Hall–Kier alpha value is -1.61. The van der Waals surface area contributed by atoms with E-state index >= 15 is 0 Å². The van der Waals surface area contributed by atoms with Crippen LogP contribution in [0, 0.1) is 0 Å². The van der Waals surface area contributed by atoms with Crippen LogP contribution in [0.4, 0.5) is 13.2 Å². The molecule has 1 aliphatic rings. The predicted molar refractivity (Wildman–Crippen MR) is 126 cm³/mol. The second-order valence-electron chi connectivity index (χ2n) is 7.60. The van der Waals surface area contributed by atoms with E-state index in [0.29, 0.717) is 19.0 Å². The minimum atomic E-state index is -4.88. The summed E-state index contributed by atoms with van der Waals surface area (Å²) in [6.45, 7) is 3.98. The smallest absolute Gasteiger partial charge is 0.374 e. The van der Waals surface area contributed by atoms with Gasteiger partial charge < -0.3 is 25.6 Å². The van der Waals surface area contributed by atoms with Crippen LogP contribution in [0.1, 0.15) is 32.0 Å². The second kappa shape index (κ2) is 12.6. The maximum atomic E-state index is 13.6. The molecule has 1 fully saturated rings. The van der Waals surface area contributed by atoms with Gasteiger partial charge in [-0.05, 0) is 19.8 Å². The standard InChI is InChI=1S/C19H32F3N7O2.HI/c1-4-24-17(27-14-5-10-29(11-6-14)13-15(30)23-2)26-8-7-18(31,19(20,21)22)16-25-9-12-28(16)3;/h9,12,14,31H,4-8,10-11,13H2,1-3H3,(H,23,30)(H2,24,26,27);1H. The number of aliphatic imine (C=N–C) groups is 1. The van der Waals surface area contributed by atoms with Crippen molar-refractivity contribution in [3.05, 3.63) is 18.2 Å². The number of hydrogen-bond donors (Lipinski definition) is 4. The van der Waals surface area contributed by atoms with Crippen molar-refractivity contribution in [3.8, 4) is 0 Å². The van der Waals surface area contributed by atoms with Crippen molar-refractivity contribution in [2.75, 3.05) is 39.8 Å². The molecular formula is C19H33F3IN7O2. The highest BCUT2D eigenvalue weighted by Crippen LogP contribution is 2.40. The number of carbonyl (C=O) groups is 1. The first-order valence-corrected chi connectivity index (χ1v) is 10.4. The Morgan fingerprint density at radius 3 is 2.50 bits per heavy atom. The third-order valence-electron chi connectivity index (χ3n) is 5.32. The van der Waals surface area contributed by atoms with Crippen molar-refractivity contribution in [1.82, 2.24) is 30.4 Å². The molecule has 184 valence electrons. The average Bonchev–Trinajstić information content (AvgIpc) is 3.15. The molecule has 2 rings (SSSR count).